The quantitative estimate of drug-likeness (QED) is 0.777. The Morgan fingerprint density at radius 2 is 2.00 bits per heavy atom. The predicted octanol–water partition coefficient (Wildman–Crippen LogP) is 3.89. The van der Waals surface area contributed by atoms with Gasteiger partial charge in [-0.2, -0.15) is 0 Å². The number of hydrogen-bond donors (Lipinski definition) is 1. The van der Waals surface area contributed by atoms with Gasteiger partial charge in [0.25, 0.3) is 5.91 Å². The Bertz CT molecular complexity index is 708. The van der Waals surface area contributed by atoms with E-state index in [1.54, 1.807) is 11.3 Å². The molecule has 0 saturated heterocycles. The molecular formula is C15H12N2O2S2. The molecule has 0 aliphatic carbocycles. The summed E-state index contributed by atoms with van der Waals surface area (Å²) in [5.41, 5.74) is 0.884. The average Bonchev–Trinajstić information content (AvgIpc) is 3.17. The minimum absolute atomic E-state index is 0.0298. The van der Waals surface area contributed by atoms with Crippen LogP contribution in [-0.4, -0.2) is 17.5 Å². The van der Waals surface area contributed by atoms with Crippen LogP contribution < -0.4 is 10.1 Å². The number of carbonyl (C=O) groups is 1. The van der Waals surface area contributed by atoms with E-state index in [9.17, 15) is 4.79 Å². The maximum absolute atomic E-state index is 11.8. The number of nitrogens with one attached hydrogen (secondary N) is 1. The van der Waals surface area contributed by atoms with E-state index < -0.39 is 0 Å². The molecule has 0 aliphatic rings. The van der Waals surface area contributed by atoms with Crippen LogP contribution in [0.25, 0.3) is 10.6 Å². The number of benzene rings is 1. The molecule has 21 heavy (non-hydrogen) atoms. The van der Waals surface area contributed by atoms with E-state index in [1.807, 2.05) is 53.2 Å². The fourth-order valence-electron chi connectivity index (χ4n) is 1.69. The minimum Gasteiger partial charge on any atom is -0.484 e. The van der Waals surface area contributed by atoms with Crippen LogP contribution in [0.4, 0.5) is 5.13 Å². The van der Waals surface area contributed by atoms with E-state index in [0.717, 1.165) is 10.6 Å². The van der Waals surface area contributed by atoms with Gasteiger partial charge in [0.1, 0.15) is 5.75 Å². The average molecular weight is 316 g/mol. The molecule has 0 aliphatic heterocycles. The van der Waals surface area contributed by atoms with E-state index in [1.165, 1.54) is 11.3 Å². The van der Waals surface area contributed by atoms with Crippen molar-refractivity contribution in [3.63, 3.8) is 0 Å². The molecular weight excluding hydrogens is 304 g/mol. The molecule has 2 aromatic heterocycles. The van der Waals surface area contributed by atoms with Crippen molar-refractivity contribution in [2.45, 2.75) is 0 Å². The molecule has 0 atom stereocenters. The summed E-state index contributed by atoms with van der Waals surface area (Å²) in [6.07, 6.45) is 0. The maximum Gasteiger partial charge on any atom is 0.264 e. The Morgan fingerprint density at radius 1 is 1.14 bits per heavy atom. The highest BCUT2D eigenvalue weighted by molar-refractivity contribution is 7.16. The summed E-state index contributed by atoms with van der Waals surface area (Å²) in [5, 5.41) is 7.26. The van der Waals surface area contributed by atoms with E-state index in [4.69, 9.17) is 4.74 Å². The Balaban J connectivity index is 1.55. The first-order valence-corrected chi connectivity index (χ1v) is 8.04. The summed E-state index contributed by atoms with van der Waals surface area (Å²) in [6.45, 7) is -0.0298. The number of carbonyl (C=O) groups excluding carboxylic acids is 1. The third-order valence-electron chi connectivity index (χ3n) is 2.64. The van der Waals surface area contributed by atoms with Gasteiger partial charge in [0, 0.05) is 5.38 Å². The van der Waals surface area contributed by atoms with Crippen LogP contribution in [0.2, 0.25) is 0 Å². The van der Waals surface area contributed by atoms with Gasteiger partial charge in [0.15, 0.2) is 11.7 Å². The number of para-hydroxylation sites is 1. The Labute approximate surface area is 130 Å². The molecule has 6 heteroatoms. The molecule has 0 fully saturated rings. The van der Waals surface area contributed by atoms with Gasteiger partial charge in [-0.1, -0.05) is 24.3 Å². The summed E-state index contributed by atoms with van der Waals surface area (Å²) >= 11 is 3.03. The number of thiazole rings is 1. The van der Waals surface area contributed by atoms with Gasteiger partial charge < -0.3 is 4.74 Å². The van der Waals surface area contributed by atoms with Crippen molar-refractivity contribution in [3.8, 4) is 16.3 Å². The zero-order chi connectivity index (χ0) is 14.5. The van der Waals surface area contributed by atoms with Crippen molar-refractivity contribution in [1.29, 1.82) is 0 Å². The fraction of sp³-hybridized carbons (Fsp3) is 0.0667. The zero-order valence-electron chi connectivity index (χ0n) is 11.0. The molecule has 106 valence electrons. The van der Waals surface area contributed by atoms with Crippen LogP contribution in [0.3, 0.4) is 0 Å². The van der Waals surface area contributed by atoms with Gasteiger partial charge in [-0.15, -0.1) is 22.7 Å². The van der Waals surface area contributed by atoms with E-state index in [-0.39, 0.29) is 12.5 Å². The lowest BCUT2D eigenvalue weighted by atomic mass is 10.3. The zero-order valence-corrected chi connectivity index (χ0v) is 12.6. The largest absolute Gasteiger partial charge is 0.484 e. The third kappa shape index (κ3) is 3.68. The van der Waals surface area contributed by atoms with Crippen LogP contribution in [-0.2, 0) is 4.79 Å². The smallest absolute Gasteiger partial charge is 0.264 e. The van der Waals surface area contributed by atoms with Gasteiger partial charge >= 0.3 is 0 Å². The van der Waals surface area contributed by atoms with Crippen molar-refractivity contribution < 1.29 is 9.53 Å². The molecule has 3 rings (SSSR count). The van der Waals surface area contributed by atoms with Crippen LogP contribution >= 0.6 is 22.7 Å². The molecule has 0 saturated carbocycles. The summed E-state index contributed by atoms with van der Waals surface area (Å²) in [4.78, 5) is 17.3. The summed E-state index contributed by atoms with van der Waals surface area (Å²) in [7, 11) is 0. The molecule has 0 bridgehead atoms. The van der Waals surface area contributed by atoms with Crippen molar-refractivity contribution >= 4 is 33.7 Å². The second-order valence-electron chi connectivity index (χ2n) is 4.17. The second kappa shape index (κ2) is 6.51. The van der Waals surface area contributed by atoms with Crippen molar-refractivity contribution in [2.24, 2.45) is 0 Å². The first kappa shape index (κ1) is 13.8. The van der Waals surface area contributed by atoms with Gasteiger partial charge in [0.05, 0.1) is 10.6 Å². The first-order valence-electron chi connectivity index (χ1n) is 6.28. The molecule has 4 nitrogen and oxygen atoms in total. The Kier molecular flexibility index (Phi) is 4.28. The fourth-order valence-corrected chi connectivity index (χ4v) is 3.18. The van der Waals surface area contributed by atoms with Crippen molar-refractivity contribution in [1.82, 2.24) is 4.98 Å². The number of hydrogen-bond acceptors (Lipinski definition) is 5. The number of thiophene rings is 1. The standard InChI is InChI=1S/C15H12N2O2S2/c18-14(9-19-11-5-2-1-3-6-11)17-15-16-12(10-21-15)13-7-4-8-20-13/h1-8,10H,9H2,(H,16,17,18). The van der Waals surface area contributed by atoms with Gasteiger partial charge in [-0.05, 0) is 23.6 Å². The second-order valence-corrected chi connectivity index (χ2v) is 5.97. The molecule has 0 unspecified atom stereocenters. The molecule has 1 N–H and O–H groups in total. The number of rotatable bonds is 5. The lowest BCUT2D eigenvalue weighted by Crippen LogP contribution is -2.19. The van der Waals surface area contributed by atoms with Crippen LogP contribution in [0.5, 0.6) is 5.75 Å². The minimum atomic E-state index is -0.217. The number of ether oxygens (including phenoxy) is 1. The molecule has 1 aromatic carbocycles. The lowest BCUT2D eigenvalue weighted by molar-refractivity contribution is -0.118. The van der Waals surface area contributed by atoms with E-state index >= 15 is 0 Å². The van der Waals surface area contributed by atoms with Crippen molar-refractivity contribution in [3.05, 3.63) is 53.2 Å². The number of anilines is 1. The van der Waals surface area contributed by atoms with Gasteiger partial charge in [-0.3, -0.25) is 10.1 Å². The topological polar surface area (TPSA) is 51.2 Å². The highest BCUT2D eigenvalue weighted by atomic mass is 32.1. The van der Waals surface area contributed by atoms with Crippen LogP contribution in [0.1, 0.15) is 0 Å². The van der Waals surface area contributed by atoms with Gasteiger partial charge in [0.2, 0.25) is 0 Å². The van der Waals surface area contributed by atoms with Crippen LogP contribution in [0.15, 0.2) is 53.2 Å². The summed E-state index contributed by atoms with van der Waals surface area (Å²) in [6, 6.07) is 13.2. The van der Waals surface area contributed by atoms with Crippen LogP contribution in [0, 0.1) is 0 Å². The predicted molar refractivity (Wildman–Crippen MR) is 86.0 cm³/mol. The molecule has 0 radical (unpaired) electrons. The van der Waals surface area contributed by atoms with E-state index in [2.05, 4.69) is 10.3 Å². The maximum atomic E-state index is 11.8. The molecule has 0 spiro atoms. The third-order valence-corrected chi connectivity index (χ3v) is 4.29. The van der Waals surface area contributed by atoms with Crippen molar-refractivity contribution in [2.75, 3.05) is 11.9 Å². The number of aromatic nitrogens is 1. The Hall–Kier alpha value is -2.18. The highest BCUT2D eigenvalue weighted by Crippen LogP contribution is 2.28. The molecule has 2 heterocycles. The first-order chi connectivity index (χ1) is 10.3. The highest BCUT2D eigenvalue weighted by Gasteiger charge is 2.09. The molecule has 3 aromatic rings. The SMILES string of the molecule is O=C(COc1ccccc1)Nc1nc(-c2cccs2)cs1. The number of amides is 1. The summed E-state index contributed by atoms with van der Waals surface area (Å²) < 4.78 is 5.39. The number of nitrogens with zero attached hydrogens (tertiary/aromatic N) is 1. The molecule has 1 amide bonds. The monoisotopic (exact) mass is 316 g/mol. The lowest BCUT2D eigenvalue weighted by Gasteiger charge is -2.05. The Morgan fingerprint density at radius 3 is 2.76 bits per heavy atom. The van der Waals surface area contributed by atoms with E-state index in [0.29, 0.717) is 10.9 Å². The normalized spacial score (nSPS) is 10.3. The van der Waals surface area contributed by atoms with Gasteiger partial charge in [-0.25, -0.2) is 4.98 Å². The summed E-state index contributed by atoms with van der Waals surface area (Å²) in [5.74, 6) is 0.456.